The molecular formula is C20H25N5O3. The van der Waals surface area contributed by atoms with E-state index in [0.29, 0.717) is 12.2 Å². The Morgan fingerprint density at radius 3 is 2.96 bits per heavy atom. The third-order valence-electron chi connectivity index (χ3n) is 5.39. The fraction of sp³-hybridized carbons (Fsp3) is 0.500. The van der Waals surface area contributed by atoms with Gasteiger partial charge in [-0.15, -0.1) is 5.10 Å². The van der Waals surface area contributed by atoms with E-state index in [4.69, 9.17) is 4.74 Å². The summed E-state index contributed by atoms with van der Waals surface area (Å²) in [5.41, 5.74) is 1.82. The zero-order valence-electron chi connectivity index (χ0n) is 15.8. The van der Waals surface area contributed by atoms with Gasteiger partial charge in [-0.1, -0.05) is 31.7 Å². The topological polar surface area (TPSA) is 109 Å². The molecule has 3 N–H and O–H groups in total. The number of hydrogen-bond acceptors (Lipinski definition) is 5. The fourth-order valence-electron chi connectivity index (χ4n) is 3.85. The number of aromatic nitrogens is 3. The maximum Gasteiger partial charge on any atom is 0.264 e. The zero-order chi connectivity index (χ0) is 19.3. The van der Waals surface area contributed by atoms with Gasteiger partial charge in [0.1, 0.15) is 11.6 Å². The predicted octanol–water partition coefficient (Wildman–Crippen LogP) is 2.83. The van der Waals surface area contributed by atoms with Crippen LogP contribution in [0.4, 0.5) is 11.6 Å². The summed E-state index contributed by atoms with van der Waals surface area (Å²) in [4.78, 5) is 27.9. The second-order valence-electron chi connectivity index (χ2n) is 7.50. The van der Waals surface area contributed by atoms with Crippen LogP contribution in [0.1, 0.15) is 49.9 Å². The monoisotopic (exact) mass is 383 g/mol. The average molecular weight is 383 g/mol. The molecule has 1 aromatic heterocycles. The van der Waals surface area contributed by atoms with Crippen molar-refractivity contribution in [2.75, 3.05) is 17.2 Å². The van der Waals surface area contributed by atoms with E-state index in [-0.39, 0.29) is 24.4 Å². The highest BCUT2D eigenvalue weighted by Gasteiger charge is 2.17. The van der Waals surface area contributed by atoms with Gasteiger partial charge in [0.2, 0.25) is 11.9 Å². The number of aromatic amines is 1. The van der Waals surface area contributed by atoms with Crippen LogP contribution in [0, 0.1) is 5.92 Å². The van der Waals surface area contributed by atoms with E-state index in [0.717, 1.165) is 42.3 Å². The molecule has 0 spiro atoms. The molecule has 8 heteroatoms. The maximum atomic E-state index is 12.1. The normalized spacial score (nSPS) is 16.5. The largest absolute Gasteiger partial charge is 0.484 e. The van der Waals surface area contributed by atoms with E-state index in [9.17, 15) is 9.59 Å². The van der Waals surface area contributed by atoms with E-state index in [1.165, 1.54) is 25.7 Å². The van der Waals surface area contributed by atoms with E-state index >= 15 is 0 Å². The van der Waals surface area contributed by atoms with Crippen LogP contribution >= 0.6 is 0 Å². The molecule has 1 aliphatic heterocycles. The lowest BCUT2D eigenvalue weighted by Crippen LogP contribution is -2.21. The van der Waals surface area contributed by atoms with Crippen LogP contribution in [-0.4, -0.2) is 33.6 Å². The third-order valence-corrected chi connectivity index (χ3v) is 5.39. The lowest BCUT2D eigenvalue weighted by molar-refractivity contribution is -0.118. The van der Waals surface area contributed by atoms with Crippen molar-refractivity contribution in [3.05, 3.63) is 29.6 Å². The number of nitrogens with zero attached hydrogens (tertiary/aromatic N) is 2. The summed E-state index contributed by atoms with van der Waals surface area (Å²) in [7, 11) is 0. The molecule has 2 amide bonds. The smallest absolute Gasteiger partial charge is 0.264 e. The van der Waals surface area contributed by atoms with Gasteiger partial charge < -0.3 is 10.1 Å². The highest BCUT2D eigenvalue weighted by atomic mass is 16.5. The van der Waals surface area contributed by atoms with Gasteiger partial charge in [0.15, 0.2) is 6.61 Å². The minimum Gasteiger partial charge on any atom is -0.484 e. The summed E-state index contributed by atoms with van der Waals surface area (Å²) in [5.74, 6) is 2.06. The number of hydrogen-bond donors (Lipinski definition) is 3. The van der Waals surface area contributed by atoms with Gasteiger partial charge in [0.25, 0.3) is 5.91 Å². The van der Waals surface area contributed by atoms with Crippen molar-refractivity contribution in [1.29, 1.82) is 0 Å². The van der Waals surface area contributed by atoms with Crippen molar-refractivity contribution in [2.24, 2.45) is 5.92 Å². The number of fused-ring (bicyclic) bond motifs is 1. The first kappa shape index (κ1) is 18.5. The number of carbonyl (C=O) groups excluding carboxylic acids is 2. The van der Waals surface area contributed by atoms with Gasteiger partial charge in [0.05, 0.1) is 0 Å². The average Bonchev–Trinajstić information content (AvgIpc) is 3.36. The Kier molecular flexibility index (Phi) is 5.55. The van der Waals surface area contributed by atoms with E-state index in [2.05, 4.69) is 25.8 Å². The molecule has 1 saturated carbocycles. The van der Waals surface area contributed by atoms with Crippen LogP contribution in [0.3, 0.4) is 0 Å². The number of nitrogens with one attached hydrogen (secondary N) is 3. The molecule has 8 nitrogen and oxygen atoms in total. The van der Waals surface area contributed by atoms with Crippen LogP contribution in [0.25, 0.3) is 0 Å². The Labute approximate surface area is 163 Å². The summed E-state index contributed by atoms with van der Waals surface area (Å²) in [5, 5.41) is 12.4. The standard InChI is InChI=1S/C20H25N5O3/c26-18-10-7-14-6-8-15(11-16(14)21-18)28-12-19(27)23-20-22-17(24-25-20)9-5-13-3-1-2-4-13/h6,8,11,13H,1-5,7,9-10,12H2,(H,21,26)(H2,22,23,24,25,27). The molecular weight excluding hydrogens is 358 g/mol. The Balaban J connectivity index is 1.24. The summed E-state index contributed by atoms with van der Waals surface area (Å²) in [6, 6.07) is 5.46. The number of aryl methyl sites for hydroxylation is 2. The van der Waals surface area contributed by atoms with Gasteiger partial charge in [-0.25, -0.2) is 0 Å². The highest BCUT2D eigenvalue weighted by Crippen LogP contribution is 2.28. The third kappa shape index (κ3) is 4.68. The van der Waals surface area contributed by atoms with E-state index in [1.807, 2.05) is 6.07 Å². The number of amides is 2. The molecule has 1 aromatic carbocycles. The predicted molar refractivity (Wildman–Crippen MR) is 104 cm³/mol. The summed E-state index contributed by atoms with van der Waals surface area (Å²) < 4.78 is 5.53. The number of rotatable bonds is 7. The number of H-pyrrole nitrogens is 1. The molecule has 0 atom stereocenters. The van der Waals surface area contributed by atoms with Crippen LogP contribution < -0.4 is 15.4 Å². The summed E-state index contributed by atoms with van der Waals surface area (Å²) in [6.07, 6.45) is 8.46. The first-order valence-electron chi connectivity index (χ1n) is 9.92. The summed E-state index contributed by atoms with van der Waals surface area (Å²) in [6.45, 7) is -0.154. The molecule has 0 radical (unpaired) electrons. The van der Waals surface area contributed by atoms with E-state index in [1.54, 1.807) is 12.1 Å². The molecule has 148 valence electrons. The Hall–Kier alpha value is -2.90. The second-order valence-corrected chi connectivity index (χ2v) is 7.50. The number of carbonyl (C=O) groups is 2. The van der Waals surface area contributed by atoms with Gasteiger partial charge in [-0.3, -0.25) is 20.0 Å². The molecule has 0 saturated heterocycles. The molecule has 28 heavy (non-hydrogen) atoms. The first-order chi connectivity index (χ1) is 13.7. The fourth-order valence-corrected chi connectivity index (χ4v) is 3.85. The SMILES string of the molecule is O=C(COc1ccc2c(c1)NC(=O)CC2)Nc1n[nH]c(CCC2CCCC2)n1. The molecule has 2 aromatic rings. The van der Waals surface area contributed by atoms with Crippen molar-refractivity contribution in [1.82, 2.24) is 15.2 Å². The van der Waals surface area contributed by atoms with Gasteiger partial charge in [-0.2, -0.15) is 4.98 Å². The highest BCUT2D eigenvalue weighted by molar-refractivity contribution is 5.94. The molecule has 4 rings (SSSR count). The van der Waals surface area contributed by atoms with Crippen LogP contribution in [0.15, 0.2) is 18.2 Å². The Morgan fingerprint density at radius 2 is 2.11 bits per heavy atom. The van der Waals surface area contributed by atoms with Crippen molar-refractivity contribution in [3.63, 3.8) is 0 Å². The van der Waals surface area contributed by atoms with Crippen molar-refractivity contribution < 1.29 is 14.3 Å². The lowest BCUT2D eigenvalue weighted by atomic mass is 10.0. The molecule has 0 bridgehead atoms. The first-order valence-corrected chi connectivity index (χ1v) is 9.92. The van der Waals surface area contributed by atoms with Gasteiger partial charge >= 0.3 is 0 Å². The number of anilines is 2. The molecule has 1 fully saturated rings. The van der Waals surface area contributed by atoms with Crippen molar-refractivity contribution in [2.45, 2.75) is 51.4 Å². The molecule has 2 heterocycles. The van der Waals surface area contributed by atoms with E-state index < -0.39 is 0 Å². The van der Waals surface area contributed by atoms with Crippen LogP contribution in [-0.2, 0) is 22.4 Å². The van der Waals surface area contributed by atoms with Gasteiger partial charge in [0, 0.05) is 24.6 Å². The lowest BCUT2D eigenvalue weighted by Gasteiger charge is -2.17. The number of ether oxygens (including phenoxy) is 1. The Morgan fingerprint density at radius 1 is 1.25 bits per heavy atom. The maximum absolute atomic E-state index is 12.1. The molecule has 2 aliphatic rings. The van der Waals surface area contributed by atoms with Crippen LogP contribution in [0.5, 0.6) is 5.75 Å². The van der Waals surface area contributed by atoms with Gasteiger partial charge in [-0.05, 0) is 30.4 Å². The Bertz CT molecular complexity index is 857. The minimum atomic E-state index is -0.330. The van der Waals surface area contributed by atoms with Crippen molar-refractivity contribution >= 4 is 23.5 Å². The zero-order valence-corrected chi connectivity index (χ0v) is 15.8. The summed E-state index contributed by atoms with van der Waals surface area (Å²) >= 11 is 0. The molecule has 1 aliphatic carbocycles. The minimum absolute atomic E-state index is 0.00395. The second kappa shape index (κ2) is 8.41. The molecule has 0 unspecified atom stereocenters. The number of benzene rings is 1. The quantitative estimate of drug-likeness (QED) is 0.681. The van der Waals surface area contributed by atoms with Crippen molar-refractivity contribution in [3.8, 4) is 5.75 Å². The van der Waals surface area contributed by atoms with Crippen LogP contribution in [0.2, 0.25) is 0 Å².